The van der Waals surface area contributed by atoms with Crippen LogP contribution in [0.5, 0.6) is 5.75 Å². The smallest absolute Gasteiger partial charge is 0.142 e. The highest BCUT2D eigenvalue weighted by Crippen LogP contribution is 2.32. The third kappa shape index (κ3) is 5.27. The van der Waals surface area contributed by atoms with Crippen LogP contribution < -0.4 is 10.1 Å². The minimum absolute atomic E-state index is 0.404. The third-order valence-electron chi connectivity index (χ3n) is 2.32. The van der Waals surface area contributed by atoms with Crippen LogP contribution in [-0.4, -0.2) is 24.7 Å². The molecule has 0 spiro atoms. The van der Waals surface area contributed by atoms with E-state index in [1.165, 1.54) is 0 Å². The Morgan fingerprint density at radius 1 is 1.33 bits per heavy atom. The van der Waals surface area contributed by atoms with Gasteiger partial charge in [-0.2, -0.15) is 11.8 Å². The van der Waals surface area contributed by atoms with Crippen LogP contribution >= 0.6 is 35.0 Å². The quantitative estimate of drug-likeness (QED) is 0.762. The summed E-state index contributed by atoms with van der Waals surface area (Å²) in [6, 6.07) is 4.02. The zero-order chi connectivity index (χ0) is 13.5. The topological polar surface area (TPSA) is 21.3 Å². The SMILES string of the molecule is CSCCOc1c(Cl)cc(Cl)cc1CNC(C)C. The highest BCUT2D eigenvalue weighted by atomic mass is 35.5. The van der Waals surface area contributed by atoms with Crippen LogP contribution in [0.25, 0.3) is 0 Å². The zero-order valence-electron chi connectivity index (χ0n) is 10.9. The summed E-state index contributed by atoms with van der Waals surface area (Å²) in [7, 11) is 0. The Bertz CT molecular complexity index is 385. The molecule has 0 bridgehead atoms. The standard InChI is InChI=1S/C13H19Cl2NOS/c1-9(2)16-8-10-6-11(14)7-12(15)13(10)17-4-5-18-3/h6-7,9,16H,4-5,8H2,1-3H3. The van der Waals surface area contributed by atoms with E-state index in [-0.39, 0.29) is 0 Å². The molecular formula is C13H19Cl2NOS. The van der Waals surface area contributed by atoms with Gasteiger partial charge in [-0.25, -0.2) is 0 Å². The van der Waals surface area contributed by atoms with Gasteiger partial charge < -0.3 is 10.1 Å². The Morgan fingerprint density at radius 2 is 2.06 bits per heavy atom. The lowest BCUT2D eigenvalue weighted by atomic mass is 10.2. The molecule has 0 aromatic heterocycles. The Kier molecular flexibility index (Phi) is 7.23. The van der Waals surface area contributed by atoms with Crippen LogP contribution in [0.1, 0.15) is 19.4 Å². The molecule has 1 N–H and O–H groups in total. The molecule has 1 rings (SSSR count). The van der Waals surface area contributed by atoms with Crippen LogP contribution in [0.2, 0.25) is 10.0 Å². The van der Waals surface area contributed by atoms with Gasteiger partial charge in [0.2, 0.25) is 0 Å². The van der Waals surface area contributed by atoms with Crippen LogP contribution in [0.15, 0.2) is 12.1 Å². The molecule has 0 saturated heterocycles. The first-order valence-corrected chi connectivity index (χ1v) is 8.02. The molecule has 0 fully saturated rings. The van der Waals surface area contributed by atoms with E-state index in [2.05, 4.69) is 19.2 Å². The number of ether oxygens (including phenoxy) is 1. The minimum atomic E-state index is 0.404. The van der Waals surface area contributed by atoms with Gasteiger partial charge in [0.25, 0.3) is 0 Å². The molecular weight excluding hydrogens is 289 g/mol. The summed E-state index contributed by atoms with van der Waals surface area (Å²) in [4.78, 5) is 0. The van der Waals surface area contributed by atoms with Crippen LogP contribution in [0.3, 0.4) is 0 Å². The lowest BCUT2D eigenvalue weighted by Gasteiger charge is -2.15. The first kappa shape index (κ1) is 16.0. The van der Waals surface area contributed by atoms with Gasteiger partial charge in [-0.3, -0.25) is 0 Å². The summed E-state index contributed by atoms with van der Waals surface area (Å²) in [5.41, 5.74) is 1.00. The highest BCUT2D eigenvalue weighted by Gasteiger charge is 2.11. The number of halogens is 2. The Morgan fingerprint density at radius 3 is 2.67 bits per heavy atom. The van der Waals surface area contributed by atoms with Gasteiger partial charge in [0.1, 0.15) is 5.75 Å². The summed E-state index contributed by atoms with van der Waals surface area (Å²) in [6.07, 6.45) is 2.05. The lowest BCUT2D eigenvalue weighted by Crippen LogP contribution is -2.22. The number of nitrogens with one attached hydrogen (secondary N) is 1. The van der Waals surface area contributed by atoms with Gasteiger partial charge in [-0.1, -0.05) is 37.0 Å². The Labute approximate surface area is 123 Å². The fourth-order valence-electron chi connectivity index (χ4n) is 1.45. The van der Waals surface area contributed by atoms with Crippen molar-refractivity contribution in [1.82, 2.24) is 5.32 Å². The maximum Gasteiger partial charge on any atom is 0.142 e. The van der Waals surface area contributed by atoms with E-state index in [9.17, 15) is 0 Å². The largest absolute Gasteiger partial charge is 0.491 e. The number of hydrogen-bond donors (Lipinski definition) is 1. The lowest BCUT2D eigenvalue weighted by molar-refractivity contribution is 0.339. The second-order valence-electron chi connectivity index (χ2n) is 4.25. The summed E-state index contributed by atoms with van der Waals surface area (Å²) in [5.74, 6) is 1.68. The fourth-order valence-corrected chi connectivity index (χ4v) is 2.29. The number of rotatable bonds is 7. The zero-order valence-corrected chi connectivity index (χ0v) is 13.3. The van der Waals surface area contributed by atoms with Crippen molar-refractivity contribution in [3.8, 4) is 5.75 Å². The molecule has 0 saturated carbocycles. The van der Waals surface area contributed by atoms with E-state index in [1.807, 2.05) is 12.3 Å². The summed E-state index contributed by atoms with van der Waals surface area (Å²) >= 11 is 14.0. The molecule has 1 aromatic carbocycles. The predicted molar refractivity (Wildman–Crippen MR) is 82.3 cm³/mol. The van der Waals surface area contributed by atoms with Gasteiger partial charge in [0, 0.05) is 28.9 Å². The third-order valence-corrected chi connectivity index (χ3v) is 3.39. The van der Waals surface area contributed by atoms with Gasteiger partial charge in [-0.15, -0.1) is 0 Å². The molecule has 0 aliphatic heterocycles. The van der Waals surface area contributed by atoms with Crippen LogP contribution in [0, 0.1) is 0 Å². The van der Waals surface area contributed by atoms with Gasteiger partial charge in [0.05, 0.1) is 11.6 Å². The molecule has 5 heteroatoms. The van der Waals surface area contributed by atoms with E-state index in [4.69, 9.17) is 27.9 Å². The van der Waals surface area contributed by atoms with Crippen molar-refractivity contribution in [1.29, 1.82) is 0 Å². The van der Waals surface area contributed by atoms with Gasteiger partial charge in [0.15, 0.2) is 0 Å². The normalized spacial score (nSPS) is 11.0. The average molecular weight is 308 g/mol. The molecule has 1 aromatic rings. The molecule has 0 unspecified atom stereocenters. The average Bonchev–Trinajstić information content (AvgIpc) is 2.29. The van der Waals surface area contributed by atoms with E-state index in [0.29, 0.717) is 29.2 Å². The van der Waals surface area contributed by atoms with Crippen molar-refractivity contribution in [3.05, 3.63) is 27.7 Å². The molecule has 102 valence electrons. The van der Waals surface area contributed by atoms with Crippen molar-refractivity contribution in [2.45, 2.75) is 26.4 Å². The van der Waals surface area contributed by atoms with Crippen molar-refractivity contribution >= 4 is 35.0 Å². The van der Waals surface area contributed by atoms with Crippen LogP contribution in [-0.2, 0) is 6.54 Å². The molecule has 2 nitrogen and oxygen atoms in total. The maximum absolute atomic E-state index is 6.18. The Hall–Kier alpha value is -0.0900. The molecule has 0 radical (unpaired) electrons. The molecule has 0 heterocycles. The van der Waals surface area contributed by atoms with Gasteiger partial charge >= 0.3 is 0 Å². The van der Waals surface area contributed by atoms with Crippen molar-refractivity contribution in [2.24, 2.45) is 0 Å². The molecule has 0 atom stereocenters. The number of thioether (sulfide) groups is 1. The maximum atomic E-state index is 6.18. The first-order valence-electron chi connectivity index (χ1n) is 5.87. The second kappa shape index (κ2) is 8.16. The van der Waals surface area contributed by atoms with Crippen LogP contribution in [0.4, 0.5) is 0 Å². The molecule has 18 heavy (non-hydrogen) atoms. The second-order valence-corrected chi connectivity index (χ2v) is 6.08. The van der Waals surface area contributed by atoms with E-state index >= 15 is 0 Å². The summed E-state index contributed by atoms with van der Waals surface area (Å²) < 4.78 is 5.74. The fraction of sp³-hybridized carbons (Fsp3) is 0.538. The predicted octanol–water partition coefficient (Wildman–Crippen LogP) is 4.23. The summed E-state index contributed by atoms with van der Waals surface area (Å²) in [5, 5.41) is 4.55. The minimum Gasteiger partial charge on any atom is -0.491 e. The Balaban J connectivity index is 2.83. The molecule has 0 aliphatic carbocycles. The summed E-state index contributed by atoms with van der Waals surface area (Å²) in [6.45, 7) is 5.55. The molecule has 0 aliphatic rings. The molecule has 0 amide bonds. The highest BCUT2D eigenvalue weighted by molar-refractivity contribution is 7.98. The van der Waals surface area contributed by atoms with Gasteiger partial charge in [-0.05, 0) is 18.4 Å². The van der Waals surface area contributed by atoms with E-state index in [1.54, 1.807) is 17.8 Å². The van der Waals surface area contributed by atoms with E-state index in [0.717, 1.165) is 17.1 Å². The van der Waals surface area contributed by atoms with Crippen molar-refractivity contribution < 1.29 is 4.74 Å². The van der Waals surface area contributed by atoms with E-state index < -0.39 is 0 Å². The van der Waals surface area contributed by atoms with Crippen molar-refractivity contribution in [2.75, 3.05) is 18.6 Å². The number of benzene rings is 1. The first-order chi connectivity index (χ1) is 8.54. The monoisotopic (exact) mass is 307 g/mol. The number of hydrogen-bond acceptors (Lipinski definition) is 3. The van der Waals surface area contributed by atoms with Crippen molar-refractivity contribution in [3.63, 3.8) is 0 Å².